The molecule has 2 aromatic carbocycles. The van der Waals surface area contributed by atoms with E-state index in [1.54, 1.807) is 11.1 Å². The van der Waals surface area contributed by atoms with Gasteiger partial charge in [0.15, 0.2) is 0 Å². The zero-order valence-electron chi connectivity index (χ0n) is 69.2. The summed E-state index contributed by atoms with van der Waals surface area (Å²) in [4.78, 5) is 0. The monoisotopic (exact) mass is 1330 g/mol. The third-order valence-electron chi connectivity index (χ3n) is 18.9. The van der Waals surface area contributed by atoms with Crippen molar-refractivity contribution in [3.05, 3.63) is 89.5 Å². The number of rotatable bonds is 3. The third kappa shape index (κ3) is 41.5. The molecule has 7 heteroatoms. The molecule has 0 bridgehead atoms. The highest BCUT2D eigenvalue weighted by Crippen LogP contribution is 2.47. The van der Waals surface area contributed by atoms with Gasteiger partial charge in [0.1, 0.15) is 0 Å². The summed E-state index contributed by atoms with van der Waals surface area (Å²) < 4.78 is 36.6. The van der Waals surface area contributed by atoms with Crippen molar-refractivity contribution in [1.82, 2.24) is 0 Å². The highest BCUT2D eigenvalue weighted by molar-refractivity contribution is 5.48. The molecule has 552 valence electrons. The quantitative estimate of drug-likeness (QED) is 0.172. The summed E-state index contributed by atoms with van der Waals surface area (Å²) in [6.45, 7) is 92.5. The molecule has 7 aliphatic heterocycles. The van der Waals surface area contributed by atoms with Crippen LogP contribution in [0.1, 0.15) is 302 Å². The summed E-state index contributed by atoms with van der Waals surface area (Å²) >= 11 is 0. The Labute approximate surface area is 592 Å². The fourth-order valence-corrected chi connectivity index (χ4v) is 9.85. The summed E-state index contributed by atoms with van der Waals surface area (Å²) in [5, 5.41) is 0. The van der Waals surface area contributed by atoms with Gasteiger partial charge in [0.25, 0.3) is 0 Å². The van der Waals surface area contributed by atoms with Crippen LogP contribution in [0.15, 0.2) is 61.7 Å². The van der Waals surface area contributed by atoms with Crippen molar-refractivity contribution in [2.45, 2.75) is 322 Å². The molecule has 8 aliphatic rings. The van der Waals surface area contributed by atoms with Crippen molar-refractivity contribution in [2.24, 2.45) is 66.0 Å². The molecule has 5 atom stereocenters. The van der Waals surface area contributed by atoms with E-state index < -0.39 is 0 Å². The van der Waals surface area contributed by atoms with Gasteiger partial charge in [-0.25, -0.2) is 0 Å². The van der Waals surface area contributed by atoms with E-state index in [-0.39, 0.29) is 10.8 Å². The van der Waals surface area contributed by atoms with Crippen molar-refractivity contribution in [3.63, 3.8) is 0 Å². The van der Waals surface area contributed by atoms with Gasteiger partial charge in [-0.3, -0.25) is 0 Å². The largest absolute Gasteiger partial charge is 0.381 e. The molecule has 0 N–H and O–H groups in total. The molecule has 7 saturated heterocycles. The first-order chi connectivity index (χ1) is 42.9. The van der Waals surface area contributed by atoms with Gasteiger partial charge in [-0.05, 0) is 160 Å². The van der Waals surface area contributed by atoms with Crippen LogP contribution in [0.2, 0.25) is 0 Å². The Hall–Kier alpha value is -2.80. The Morgan fingerprint density at radius 2 is 0.895 bits per heavy atom. The van der Waals surface area contributed by atoms with Crippen molar-refractivity contribution in [2.75, 3.05) is 66.1 Å². The van der Waals surface area contributed by atoms with E-state index in [2.05, 4.69) is 276 Å². The Morgan fingerprint density at radius 3 is 1.04 bits per heavy atom. The second kappa shape index (κ2) is 39.4. The molecule has 0 radical (unpaired) electrons. The van der Waals surface area contributed by atoms with Gasteiger partial charge in [0, 0.05) is 43.2 Å². The Balaban J connectivity index is 0.00000103. The summed E-state index contributed by atoms with van der Waals surface area (Å²) in [6, 6.07) is 15.5. The van der Waals surface area contributed by atoms with E-state index in [1.807, 2.05) is 32.9 Å². The lowest BCUT2D eigenvalue weighted by Crippen LogP contribution is -2.51. The molecule has 0 aromatic heterocycles. The number of fused-ring (bicyclic) bond motifs is 1. The first kappa shape index (κ1) is 92.2. The van der Waals surface area contributed by atoms with Gasteiger partial charge in [0.2, 0.25) is 0 Å². The van der Waals surface area contributed by atoms with Crippen LogP contribution in [0.3, 0.4) is 0 Å². The molecule has 5 unspecified atom stereocenters. The Morgan fingerprint density at radius 1 is 0.474 bits per heavy atom. The molecule has 95 heavy (non-hydrogen) atoms. The number of hydrogen-bond acceptors (Lipinski definition) is 7. The van der Waals surface area contributed by atoms with Crippen LogP contribution in [0.5, 0.6) is 0 Å². The van der Waals surface area contributed by atoms with Crippen LogP contribution < -0.4 is 0 Å². The van der Waals surface area contributed by atoms with E-state index in [0.29, 0.717) is 78.6 Å². The summed E-state index contributed by atoms with van der Waals surface area (Å²) in [6.07, 6.45) is 21.1. The van der Waals surface area contributed by atoms with E-state index >= 15 is 0 Å². The topological polar surface area (TPSA) is 71.2 Å². The minimum atomic E-state index is 0.0694. The zero-order valence-corrected chi connectivity index (χ0v) is 69.2. The summed E-state index contributed by atoms with van der Waals surface area (Å²) in [5.41, 5.74) is 11.5. The molecular formula is C88H158O7. The van der Waals surface area contributed by atoms with E-state index in [1.165, 1.54) is 68.1 Å². The van der Waals surface area contributed by atoms with Crippen molar-refractivity contribution < 1.29 is 33.2 Å². The lowest BCUT2D eigenvalue weighted by Gasteiger charge is -2.50. The van der Waals surface area contributed by atoms with Gasteiger partial charge >= 0.3 is 0 Å². The Kier molecular flexibility index (Phi) is 38.3. The standard InChI is InChI=1S/2C12H16.C9H18O.2C8H16O.3C7H14O.C6H12O.C6H12.C6H10/c1-12(2,3)11-7-6-9-4-5-10(9)8-11;1-5-10-6-8-11(9-7-10)12(2,3)4;1-5-9(6-10-7-9)8(2,3)4;1-8(2,3)7-4-5-9-6-7;1-8(2,3)7-5-4-6-9-7;1-7(2,3)6-4-8-5-6;1-7(2,3)4-6-5-8-6;1-7(2,3)6-4-5-8-6;1-6(2,3)5-4-7-5;2*1-5-6(2,3)4/h6-8H,4-5H2,1-3H3;5-9H,1H2,2-4H3;5-7H2,1-4H3;2*7H,4-6H2,1-3H3;3*6H,4-5H2,1-3H3;5H,4H2,1-3H3;5H,1H2,2-4H3;1H,2-4H3. The fraction of sp³-hybridized carbons (Fsp3) is 0.795. The van der Waals surface area contributed by atoms with Crippen LogP contribution in [0.4, 0.5) is 0 Å². The molecule has 7 fully saturated rings. The highest BCUT2D eigenvalue weighted by Gasteiger charge is 2.46. The van der Waals surface area contributed by atoms with Gasteiger partial charge in [0.05, 0.1) is 64.1 Å². The van der Waals surface area contributed by atoms with E-state index in [0.717, 1.165) is 77.9 Å². The SMILES string of the molecule is C#CC(C)(C)C.C=CC(C)(C)C.C=Cc1ccc(C(C)(C)C)cc1.CC(C)(C)C1CCCO1.CC(C)(C)C1CCO1.CC(C)(C)C1CCOC1.CC(C)(C)C1CO1.CC(C)(C)C1COC1.CC(C)(C)CC1CO1.CC(C)(C)c1ccc2c(c1)CC2.CCC1(C(C)(C)C)COC1. The maximum Gasteiger partial charge on any atom is 0.0858 e. The van der Waals surface area contributed by atoms with Crippen molar-refractivity contribution in [3.8, 4) is 12.3 Å². The molecule has 0 amide bonds. The van der Waals surface area contributed by atoms with Crippen molar-refractivity contribution in [1.29, 1.82) is 0 Å². The zero-order chi connectivity index (χ0) is 74.1. The smallest absolute Gasteiger partial charge is 0.0858 e. The number of ether oxygens (including phenoxy) is 7. The summed E-state index contributed by atoms with van der Waals surface area (Å²) in [7, 11) is 0. The van der Waals surface area contributed by atoms with E-state index in [9.17, 15) is 0 Å². The Bertz CT molecular complexity index is 2360. The number of hydrogen-bond donors (Lipinski definition) is 0. The minimum Gasteiger partial charge on any atom is -0.381 e. The van der Waals surface area contributed by atoms with Crippen molar-refractivity contribution >= 4 is 6.08 Å². The second-order valence-corrected chi connectivity index (χ2v) is 40.0. The normalized spacial score (nSPS) is 21.8. The second-order valence-electron chi connectivity index (χ2n) is 40.0. The van der Waals surface area contributed by atoms with Gasteiger partial charge in [-0.2, -0.15) is 0 Å². The van der Waals surface area contributed by atoms with Crippen LogP contribution >= 0.6 is 0 Å². The number of benzene rings is 2. The fourth-order valence-electron chi connectivity index (χ4n) is 9.85. The first-order valence-electron chi connectivity index (χ1n) is 37.0. The molecule has 0 saturated carbocycles. The van der Waals surface area contributed by atoms with Gasteiger partial charge in [-0.15, -0.1) is 18.9 Å². The van der Waals surface area contributed by atoms with Gasteiger partial charge in [-0.1, -0.05) is 276 Å². The number of allylic oxidation sites excluding steroid dienone is 1. The maximum atomic E-state index is 5.52. The molecule has 2 aromatic rings. The van der Waals surface area contributed by atoms with Crippen LogP contribution in [0.25, 0.3) is 6.08 Å². The molecule has 7 nitrogen and oxygen atoms in total. The minimum absolute atomic E-state index is 0.0694. The predicted octanol–water partition coefficient (Wildman–Crippen LogP) is 24.1. The lowest BCUT2D eigenvalue weighted by molar-refractivity contribution is -0.171. The van der Waals surface area contributed by atoms with Crippen LogP contribution in [0, 0.1) is 78.3 Å². The van der Waals surface area contributed by atoms with Gasteiger partial charge < -0.3 is 33.2 Å². The van der Waals surface area contributed by atoms with Crippen LogP contribution in [-0.4, -0.2) is 90.5 Å². The maximum absolute atomic E-state index is 5.52. The lowest BCUT2D eigenvalue weighted by atomic mass is 9.64. The number of terminal acetylenes is 1. The molecule has 0 spiro atoms. The number of aryl methyl sites for hydroxylation is 2. The average Bonchev–Trinajstić information content (AvgIpc) is 1.55. The predicted molar refractivity (Wildman–Crippen MR) is 416 cm³/mol. The third-order valence-corrected chi connectivity index (χ3v) is 18.9. The number of epoxide rings is 2. The van der Waals surface area contributed by atoms with E-state index in [4.69, 9.17) is 39.6 Å². The first-order valence-corrected chi connectivity index (χ1v) is 37.0. The molecule has 1 aliphatic carbocycles. The molecular weight excluding hydrogens is 1170 g/mol. The van der Waals surface area contributed by atoms with Crippen LogP contribution in [-0.2, 0) is 56.8 Å². The molecule has 7 heterocycles. The molecule has 10 rings (SSSR count). The summed E-state index contributed by atoms with van der Waals surface area (Å²) in [5.74, 6) is 4.20. The average molecular weight is 1330 g/mol. The highest BCUT2D eigenvalue weighted by atomic mass is 16.6.